The van der Waals surface area contributed by atoms with E-state index in [1.807, 2.05) is 0 Å². The van der Waals surface area contributed by atoms with E-state index >= 15 is 0 Å². The van der Waals surface area contributed by atoms with Crippen LogP contribution in [0.1, 0.15) is 31.2 Å². The average molecular weight is 292 g/mol. The van der Waals surface area contributed by atoms with Crippen molar-refractivity contribution in [3.8, 4) is 0 Å². The molecule has 0 aliphatic heterocycles. The molecule has 2 aliphatic carbocycles. The van der Waals surface area contributed by atoms with Crippen molar-refractivity contribution >= 4 is 15.9 Å². The molecule has 0 amide bonds. The maximum atomic E-state index is 3.70. The van der Waals surface area contributed by atoms with Gasteiger partial charge in [0.25, 0.3) is 0 Å². The van der Waals surface area contributed by atoms with Gasteiger partial charge < -0.3 is 5.32 Å². The lowest BCUT2D eigenvalue weighted by Gasteiger charge is -2.30. The molecule has 0 aromatic heterocycles. The predicted molar refractivity (Wildman–Crippen MR) is 75.2 cm³/mol. The zero-order chi connectivity index (χ0) is 11.7. The van der Waals surface area contributed by atoms with Gasteiger partial charge in [0.1, 0.15) is 0 Å². The number of hydrogen-bond acceptors (Lipinski definition) is 1. The van der Waals surface area contributed by atoms with Crippen molar-refractivity contribution in [3.63, 3.8) is 0 Å². The Morgan fingerprint density at radius 1 is 1.24 bits per heavy atom. The molecule has 1 aromatic carbocycles. The first-order chi connectivity index (χ1) is 8.28. The molecule has 3 rings (SSSR count). The third kappa shape index (κ3) is 2.48. The highest BCUT2D eigenvalue weighted by Gasteiger charge is 2.34. The highest BCUT2D eigenvalue weighted by atomic mass is 79.9. The molecule has 2 aliphatic rings. The Morgan fingerprint density at radius 2 is 2.00 bits per heavy atom. The van der Waals surface area contributed by atoms with Crippen LogP contribution in [0.3, 0.4) is 0 Å². The smallest absolute Gasteiger partial charge is 0.0178 e. The molecule has 17 heavy (non-hydrogen) atoms. The molecule has 2 heteroatoms. The van der Waals surface area contributed by atoms with Crippen molar-refractivity contribution in [2.45, 2.75) is 37.1 Å². The van der Waals surface area contributed by atoms with Gasteiger partial charge >= 0.3 is 0 Å². The number of rotatable bonds is 4. The fourth-order valence-corrected chi connectivity index (χ4v) is 3.03. The van der Waals surface area contributed by atoms with Crippen LogP contribution < -0.4 is 5.32 Å². The fourth-order valence-electron chi connectivity index (χ4n) is 2.63. The van der Waals surface area contributed by atoms with Crippen LogP contribution in [0.4, 0.5) is 0 Å². The van der Waals surface area contributed by atoms with Gasteiger partial charge in [-0.3, -0.25) is 0 Å². The predicted octanol–water partition coefficient (Wildman–Crippen LogP) is 3.79. The van der Waals surface area contributed by atoms with E-state index in [0.717, 1.165) is 12.6 Å². The average Bonchev–Trinajstić information content (AvgIpc) is 3.04. The van der Waals surface area contributed by atoms with Crippen molar-refractivity contribution < 1.29 is 0 Å². The van der Waals surface area contributed by atoms with Crippen LogP contribution in [0, 0.1) is 0 Å². The summed E-state index contributed by atoms with van der Waals surface area (Å²) in [6, 6.07) is 9.60. The second-order valence-electron chi connectivity index (χ2n) is 5.33. The highest BCUT2D eigenvalue weighted by Crippen LogP contribution is 2.38. The summed E-state index contributed by atoms with van der Waals surface area (Å²) in [5, 5.41) is 3.70. The van der Waals surface area contributed by atoms with Crippen LogP contribution in [0.2, 0.25) is 0 Å². The lowest BCUT2D eigenvalue weighted by molar-refractivity contribution is 0.417. The van der Waals surface area contributed by atoms with Crippen molar-refractivity contribution in [2.75, 3.05) is 6.54 Å². The van der Waals surface area contributed by atoms with E-state index in [-0.39, 0.29) is 0 Å². The lowest BCUT2D eigenvalue weighted by Crippen LogP contribution is -2.37. The largest absolute Gasteiger partial charge is 0.313 e. The molecule has 0 bridgehead atoms. The number of allylic oxidation sites excluding steroid dienone is 2. The molecule has 0 heterocycles. The van der Waals surface area contributed by atoms with Crippen LogP contribution in [-0.4, -0.2) is 12.6 Å². The monoisotopic (exact) mass is 291 g/mol. The van der Waals surface area contributed by atoms with Gasteiger partial charge in [-0.2, -0.15) is 0 Å². The molecule has 1 nitrogen and oxygen atoms in total. The maximum Gasteiger partial charge on any atom is 0.0178 e. The summed E-state index contributed by atoms with van der Waals surface area (Å²) in [5.41, 5.74) is 1.76. The normalized spacial score (nSPS) is 21.9. The zero-order valence-electron chi connectivity index (χ0n) is 9.95. The minimum Gasteiger partial charge on any atom is -0.313 e. The maximum absolute atomic E-state index is 3.70. The third-order valence-corrected chi connectivity index (χ3v) is 4.42. The minimum absolute atomic E-state index is 0.298. The van der Waals surface area contributed by atoms with Crippen molar-refractivity contribution in [1.29, 1.82) is 0 Å². The summed E-state index contributed by atoms with van der Waals surface area (Å²) in [7, 11) is 0. The van der Waals surface area contributed by atoms with E-state index in [0.29, 0.717) is 5.41 Å². The molecule has 1 aromatic rings. The standard InChI is InChI=1S/C15H18BrN/c16-13-5-3-4-12(10-13)15(8-1-2-9-15)11-17-14-6-7-14/h1-5,10,14,17H,6-9,11H2. The van der Waals surface area contributed by atoms with Gasteiger partial charge in [0, 0.05) is 22.5 Å². The molecule has 0 spiro atoms. The Hall–Kier alpha value is -0.600. The fraction of sp³-hybridized carbons (Fsp3) is 0.467. The van der Waals surface area contributed by atoms with Crippen LogP contribution >= 0.6 is 15.9 Å². The molecule has 0 atom stereocenters. The van der Waals surface area contributed by atoms with Gasteiger partial charge in [0.05, 0.1) is 0 Å². The first-order valence-electron chi connectivity index (χ1n) is 6.43. The molecule has 1 saturated carbocycles. The number of nitrogens with one attached hydrogen (secondary N) is 1. The van der Waals surface area contributed by atoms with Gasteiger partial charge in [0.15, 0.2) is 0 Å². The van der Waals surface area contributed by atoms with E-state index in [2.05, 4.69) is 57.7 Å². The van der Waals surface area contributed by atoms with Crippen molar-refractivity contribution in [1.82, 2.24) is 5.32 Å². The Morgan fingerprint density at radius 3 is 2.65 bits per heavy atom. The van der Waals surface area contributed by atoms with Crippen LogP contribution in [0.25, 0.3) is 0 Å². The lowest BCUT2D eigenvalue weighted by atomic mass is 9.78. The summed E-state index contributed by atoms with van der Waals surface area (Å²) in [5.74, 6) is 0. The summed E-state index contributed by atoms with van der Waals surface area (Å²) in [6.45, 7) is 1.11. The van der Waals surface area contributed by atoms with Gasteiger partial charge in [0.2, 0.25) is 0 Å². The van der Waals surface area contributed by atoms with Crippen molar-refractivity contribution in [3.05, 3.63) is 46.5 Å². The number of benzene rings is 1. The Kier molecular flexibility index (Phi) is 3.10. The van der Waals surface area contributed by atoms with E-state index in [9.17, 15) is 0 Å². The molecule has 1 N–H and O–H groups in total. The molecule has 1 fully saturated rings. The van der Waals surface area contributed by atoms with E-state index in [1.54, 1.807) is 0 Å². The first-order valence-corrected chi connectivity index (χ1v) is 7.22. The Balaban J connectivity index is 1.82. The van der Waals surface area contributed by atoms with Gasteiger partial charge in [-0.05, 0) is 43.4 Å². The molecule has 0 radical (unpaired) electrons. The highest BCUT2D eigenvalue weighted by molar-refractivity contribution is 9.10. The Labute approximate surface area is 111 Å². The summed E-state index contributed by atoms with van der Waals surface area (Å²) in [6.07, 6.45) is 9.72. The summed E-state index contributed by atoms with van der Waals surface area (Å²) < 4.78 is 1.19. The molecule has 0 unspecified atom stereocenters. The topological polar surface area (TPSA) is 12.0 Å². The third-order valence-electron chi connectivity index (χ3n) is 3.93. The van der Waals surface area contributed by atoms with E-state index < -0.39 is 0 Å². The first kappa shape index (κ1) is 11.5. The van der Waals surface area contributed by atoms with Gasteiger partial charge in [-0.15, -0.1) is 0 Å². The molecule has 0 saturated heterocycles. The van der Waals surface area contributed by atoms with Crippen LogP contribution in [-0.2, 0) is 5.41 Å². The van der Waals surface area contributed by atoms with Gasteiger partial charge in [-0.1, -0.05) is 40.2 Å². The van der Waals surface area contributed by atoms with Gasteiger partial charge in [-0.25, -0.2) is 0 Å². The molecular weight excluding hydrogens is 274 g/mol. The summed E-state index contributed by atoms with van der Waals surface area (Å²) >= 11 is 3.58. The van der Waals surface area contributed by atoms with Crippen molar-refractivity contribution in [2.24, 2.45) is 0 Å². The SMILES string of the molecule is Brc1cccc(C2(CNC3CC3)CC=CC2)c1. The second-order valence-corrected chi connectivity index (χ2v) is 6.24. The van der Waals surface area contributed by atoms with E-state index in [1.165, 1.54) is 35.7 Å². The Bertz CT molecular complexity index is 426. The zero-order valence-corrected chi connectivity index (χ0v) is 11.5. The van der Waals surface area contributed by atoms with Crippen LogP contribution in [0.15, 0.2) is 40.9 Å². The molecular formula is C15H18BrN. The van der Waals surface area contributed by atoms with E-state index in [4.69, 9.17) is 0 Å². The minimum atomic E-state index is 0.298. The molecule has 90 valence electrons. The second kappa shape index (κ2) is 4.58. The number of hydrogen-bond donors (Lipinski definition) is 1. The number of halogens is 1. The van der Waals surface area contributed by atoms with Crippen LogP contribution in [0.5, 0.6) is 0 Å². The quantitative estimate of drug-likeness (QED) is 0.833. The summed E-state index contributed by atoms with van der Waals surface area (Å²) in [4.78, 5) is 0.